The molecule has 0 heterocycles. The van der Waals surface area contributed by atoms with E-state index in [1.807, 2.05) is 11.8 Å². The van der Waals surface area contributed by atoms with Crippen LogP contribution in [0.5, 0.6) is 0 Å². The van der Waals surface area contributed by atoms with E-state index < -0.39 is 0 Å². The van der Waals surface area contributed by atoms with Gasteiger partial charge < -0.3 is 0 Å². The minimum Gasteiger partial charge on any atom is -0.122 e. The Labute approximate surface area is 112 Å². The van der Waals surface area contributed by atoms with Gasteiger partial charge in [-0.15, -0.1) is 11.8 Å². The molecule has 0 saturated carbocycles. The lowest BCUT2D eigenvalue weighted by atomic mass is 10.1. The Morgan fingerprint density at radius 2 is 1.67 bits per heavy atom. The first-order valence-corrected chi connectivity index (χ1v) is 7.21. The summed E-state index contributed by atoms with van der Waals surface area (Å²) < 4.78 is 0. The van der Waals surface area contributed by atoms with Crippen molar-refractivity contribution in [1.82, 2.24) is 0 Å². The van der Waals surface area contributed by atoms with Crippen LogP contribution in [0, 0.1) is 5.92 Å². The Morgan fingerprint density at radius 3 is 2.44 bits per heavy atom. The molecule has 0 spiro atoms. The SMILES string of the molecule is CC(Sc1ccc2ccccc2c1)C1C=CC=C1. The minimum absolute atomic E-state index is 0.571. The molecule has 3 rings (SSSR count). The van der Waals surface area contributed by atoms with E-state index in [-0.39, 0.29) is 0 Å². The summed E-state index contributed by atoms with van der Waals surface area (Å²) in [7, 11) is 0. The van der Waals surface area contributed by atoms with Gasteiger partial charge in [-0.3, -0.25) is 0 Å². The molecule has 0 amide bonds. The van der Waals surface area contributed by atoms with Crippen molar-refractivity contribution in [2.45, 2.75) is 17.1 Å². The second kappa shape index (κ2) is 5.03. The van der Waals surface area contributed by atoms with Crippen LogP contribution < -0.4 is 0 Å². The second-order valence-corrected chi connectivity index (χ2v) is 6.13. The number of rotatable bonds is 3. The van der Waals surface area contributed by atoms with Crippen molar-refractivity contribution >= 4 is 22.5 Å². The highest BCUT2D eigenvalue weighted by Crippen LogP contribution is 2.32. The molecule has 0 N–H and O–H groups in total. The van der Waals surface area contributed by atoms with Gasteiger partial charge in [-0.2, -0.15) is 0 Å². The van der Waals surface area contributed by atoms with Crippen molar-refractivity contribution in [3.05, 3.63) is 66.8 Å². The summed E-state index contributed by atoms with van der Waals surface area (Å²) in [5.41, 5.74) is 0. The molecular weight excluding hydrogens is 236 g/mol. The second-order valence-electron chi connectivity index (χ2n) is 4.68. The average Bonchev–Trinajstić information content (AvgIpc) is 2.92. The van der Waals surface area contributed by atoms with Crippen molar-refractivity contribution in [3.8, 4) is 0 Å². The molecule has 0 aliphatic heterocycles. The zero-order valence-corrected chi connectivity index (χ0v) is 11.2. The Morgan fingerprint density at radius 1 is 0.944 bits per heavy atom. The average molecular weight is 252 g/mol. The van der Waals surface area contributed by atoms with Crippen LogP contribution >= 0.6 is 11.8 Å². The molecular formula is C17H16S. The van der Waals surface area contributed by atoms with E-state index in [9.17, 15) is 0 Å². The van der Waals surface area contributed by atoms with E-state index in [1.54, 1.807) is 0 Å². The maximum Gasteiger partial charge on any atom is 0.0164 e. The number of benzene rings is 2. The van der Waals surface area contributed by atoms with E-state index >= 15 is 0 Å². The zero-order valence-electron chi connectivity index (χ0n) is 10.4. The molecule has 1 atom stereocenters. The fourth-order valence-electron chi connectivity index (χ4n) is 2.30. The first kappa shape index (κ1) is 11.6. The van der Waals surface area contributed by atoms with Gasteiger partial charge in [-0.25, -0.2) is 0 Å². The highest BCUT2D eigenvalue weighted by atomic mass is 32.2. The first-order chi connectivity index (χ1) is 8.83. The molecule has 1 aliphatic carbocycles. The monoisotopic (exact) mass is 252 g/mol. The van der Waals surface area contributed by atoms with Crippen LogP contribution in [0.1, 0.15) is 6.92 Å². The van der Waals surface area contributed by atoms with E-state index in [2.05, 4.69) is 73.7 Å². The molecule has 0 saturated heterocycles. The molecule has 90 valence electrons. The number of fused-ring (bicyclic) bond motifs is 1. The van der Waals surface area contributed by atoms with E-state index in [4.69, 9.17) is 0 Å². The molecule has 0 bridgehead atoms. The quantitative estimate of drug-likeness (QED) is 0.688. The van der Waals surface area contributed by atoms with Gasteiger partial charge in [0.15, 0.2) is 0 Å². The van der Waals surface area contributed by atoms with Gasteiger partial charge in [0.05, 0.1) is 0 Å². The van der Waals surface area contributed by atoms with Crippen LogP contribution in [0.2, 0.25) is 0 Å². The Bertz CT molecular complexity index is 598. The minimum atomic E-state index is 0.571. The molecule has 0 aromatic heterocycles. The van der Waals surface area contributed by atoms with Gasteiger partial charge in [0.2, 0.25) is 0 Å². The molecule has 2 aromatic carbocycles. The first-order valence-electron chi connectivity index (χ1n) is 6.33. The molecule has 0 fully saturated rings. The third-order valence-corrected chi connectivity index (χ3v) is 4.57. The topological polar surface area (TPSA) is 0 Å². The van der Waals surface area contributed by atoms with Crippen LogP contribution in [0.15, 0.2) is 71.7 Å². The van der Waals surface area contributed by atoms with Crippen molar-refractivity contribution in [2.75, 3.05) is 0 Å². The smallest absolute Gasteiger partial charge is 0.0164 e. The number of allylic oxidation sites excluding steroid dienone is 4. The standard InChI is InChI=1S/C17H16S/c1-13(14-6-2-3-7-14)18-17-11-10-15-8-4-5-9-16(15)12-17/h2-14H,1H3. The number of thioether (sulfide) groups is 1. The summed E-state index contributed by atoms with van der Waals surface area (Å²) in [4.78, 5) is 1.36. The summed E-state index contributed by atoms with van der Waals surface area (Å²) in [6.07, 6.45) is 8.83. The Hall–Kier alpha value is -1.47. The normalized spacial score (nSPS) is 16.5. The molecule has 0 nitrogen and oxygen atoms in total. The molecule has 1 unspecified atom stereocenters. The van der Waals surface area contributed by atoms with Crippen molar-refractivity contribution in [1.29, 1.82) is 0 Å². The van der Waals surface area contributed by atoms with Crippen LogP contribution in [-0.2, 0) is 0 Å². The van der Waals surface area contributed by atoms with Gasteiger partial charge in [0.25, 0.3) is 0 Å². The summed E-state index contributed by atoms with van der Waals surface area (Å²) >= 11 is 1.95. The van der Waals surface area contributed by atoms with Crippen LogP contribution in [0.25, 0.3) is 10.8 Å². The van der Waals surface area contributed by atoms with E-state index in [0.29, 0.717) is 11.2 Å². The van der Waals surface area contributed by atoms with Gasteiger partial charge >= 0.3 is 0 Å². The maximum absolute atomic E-state index is 2.30. The van der Waals surface area contributed by atoms with Gasteiger partial charge in [-0.1, -0.05) is 61.6 Å². The summed E-state index contributed by atoms with van der Waals surface area (Å²) in [6.45, 7) is 2.30. The lowest BCUT2D eigenvalue weighted by molar-refractivity contribution is 0.804. The zero-order chi connectivity index (χ0) is 12.4. The Balaban J connectivity index is 1.82. The summed E-state index contributed by atoms with van der Waals surface area (Å²) in [6, 6.07) is 15.3. The van der Waals surface area contributed by atoms with E-state index in [1.165, 1.54) is 15.7 Å². The summed E-state index contributed by atoms with van der Waals surface area (Å²) in [5.74, 6) is 0.571. The maximum atomic E-state index is 2.30. The lowest BCUT2D eigenvalue weighted by Gasteiger charge is -2.15. The largest absolute Gasteiger partial charge is 0.122 e. The molecule has 18 heavy (non-hydrogen) atoms. The highest BCUT2D eigenvalue weighted by molar-refractivity contribution is 8.00. The molecule has 0 radical (unpaired) electrons. The van der Waals surface area contributed by atoms with Gasteiger partial charge in [0, 0.05) is 16.1 Å². The van der Waals surface area contributed by atoms with Gasteiger partial charge in [0.1, 0.15) is 0 Å². The number of hydrogen-bond donors (Lipinski definition) is 0. The molecule has 1 heteroatoms. The fraction of sp³-hybridized carbons (Fsp3) is 0.176. The summed E-state index contributed by atoms with van der Waals surface area (Å²) in [5, 5.41) is 3.23. The van der Waals surface area contributed by atoms with Crippen LogP contribution in [0.3, 0.4) is 0 Å². The van der Waals surface area contributed by atoms with Crippen LogP contribution in [0.4, 0.5) is 0 Å². The highest BCUT2D eigenvalue weighted by Gasteiger charge is 2.14. The van der Waals surface area contributed by atoms with E-state index in [0.717, 1.165) is 0 Å². The third kappa shape index (κ3) is 2.37. The lowest BCUT2D eigenvalue weighted by Crippen LogP contribution is -2.06. The number of hydrogen-bond acceptors (Lipinski definition) is 1. The predicted octanol–water partition coefficient (Wildman–Crippen LogP) is 5.06. The Kier molecular flexibility index (Phi) is 3.24. The van der Waals surface area contributed by atoms with Crippen LogP contribution in [-0.4, -0.2) is 5.25 Å². The fourth-order valence-corrected chi connectivity index (χ4v) is 3.41. The van der Waals surface area contributed by atoms with Gasteiger partial charge in [-0.05, 0) is 22.9 Å². The van der Waals surface area contributed by atoms with Crippen molar-refractivity contribution < 1.29 is 0 Å². The van der Waals surface area contributed by atoms with Crippen molar-refractivity contribution in [3.63, 3.8) is 0 Å². The third-order valence-electron chi connectivity index (χ3n) is 3.36. The molecule has 1 aliphatic rings. The molecule has 2 aromatic rings. The van der Waals surface area contributed by atoms with Crippen molar-refractivity contribution in [2.24, 2.45) is 5.92 Å². The predicted molar refractivity (Wildman–Crippen MR) is 81.0 cm³/mol.